The van der Waals surface area contributed by atoms with Gasteiger partial charge >= 0.3 is 0 Å². The van der Waals surface area contributed by atoms with E-state index in [1.165, 1.54) is 64.6 Å². The number of likely N-dealkylation sites (tertiary alicyclic amines) is 1. The molecule has 2 N–H and O–H groups in total. The second-order valence-corrected chi connectivity index (χ2v) is 6.40. The summed E-state index contributed by atoms with van der Waals surface area (Å²) in [4.78, 5) is 2.70. The van der Waals surface area contributed by atoms with Gasteiger partial charge in [-0.25, -0.2) is 0 Å². The molecule has 2 atom stereocenters. The molecule has 17 heavy (non-hydrogen) atoms. The van der Waals surface area contributed by atoms with Crippen LogP contribution < -0.4 is 5.73 Å². The summed E-state index contributed by atoms with van der Waals surface area (Å²) in [6.45, 7) is 8.62. The molecule has 2 rings (SSSR count). The summed E-state index contributed by atoms with van der Waals surface area (Å²) in [5.41, 5.74) is 6.89. The second-order valence-electron chi connectivity index (χ2n) is 6.40. The van der Waals surface area contributed by atoms with E-state index in [0.29, 0.717) is 11.5 Å². The molecule has 0 aromatic heterocycles. The van der Waals surface area contributed by atoms with Crippen LogP contribution in [0.4, 0.5) is 0 Å². The van der Waals surface area contributed by atoms with Gasteiger partial charge in [-0.15, -0.1) is 0 Å². The molecule has 1 aliphatic carbocycles. The van der Waals surface area contributed by atoms with Gasteiger partial charge in [0.15, 0.2) is 0 Å². The fourth-order valence-corrected chi connectivity index (χ4v) is 3.81. The Kier molecular flexibility index (Phi) is 4.48. The normalized spacial score (nSPS) is 34.1. The molecule has 2 nitrogen and oxygen atoms in total. The van der Waals surface area contributed by atoms with Crippen LogP contribution in [0, 0.1) is 11.3 Å². The minimum Gasteiger partial charge on any atom is -0.327 e. The van der Waals surface area contributed by atoms with Crippen molar-refractivity contribution in [2.45, 2.75) is 64.8 Å². The van der Waals surface area contributed by atoms with E-state index in [1.54, 1.807) is 0 Å². The van der Waals surface area contributed by atoms with Gasteiger partial charge in [0.1, 0.15) is 0 Å². The first-order valence-corrected chi connectivity index (χ1v) is 7.67. The summed E-state index contributed by atoms with van der Waals surface area (Å²) >= 11 is 0. The van der Waals surface area contributed by atoms with Crippen LogP contribution in [0.3, 0.4) is 0 Å². The van der Waals surface area contributed by atoms with Crippen molar-refractivity contribution in [2.24, 2.45) is 17.1 Å². The Bertz CT molecular complexity index is 235. The molecule has 2 heteroatoms. The molecule has 0 spiro atoms. The number of rotatable bonds is 4. The lowest BCUT2D eigenvalue weighted by Gasteiger charge is -2.33. The van der Waals surface area contributed by atoms with Crippen molar-refractivity contribution in [3.63, 3.8) is 0 Å². The number of nitrogens with two attached hydrogens (primary N) is 1. The molecule has 100 valence electrons. The number of hydrogen-bond acceptors (Lipinski definition) is 2. The van der Waals surface area contributed by atoms with Crippen LogP contribution in [0.15, 0.2) is 0 Å². The van der Waals surface area contributed by atoms with E-state index >= 15 is 0 Å². The summed E-state index contributed by atoms with van der Waals surface area (Å²) in [7, 11) is 0. The standard InChI is InChI=1S/C15H30N2/c1-3-15(4-2)9-10-17(12-15)11-13-7-5-6-8-14(13)16/h13-14H,3-12,16H2,1-2H3. The molecule has 0 amide bonds. The minimum absolute atomic E-state index is 0.474. The highest BCUT2D eigenvalue weighted by Gasteiger charge is 2.36. The van der Waals surface area contributed by atoms with Crippen molar-refractivity contribution in [1.29, 1.82) is 0 Å². The molecule has 2 unspecified atom stereocenters. The minimum atomic E-state index is 0.474. The molecule has 2 fully saturated rings. The van der Waals surface area contributed by atoms with Gasteiger partial charge in [-0.05, 0) is 50.0 Å². The third-order valence-electron chi connectivity index (χ3n) is 5.48. The van der Waals surface area contributed by atoms with Gasteiger partial charge in [0.2, 0.25) is 0 Å². The van der Waals surface area contributed by atoms with Crippen molar-refractivity contribution >= 4 is 0 Å². The predicted octanol–water partition coefficient (Wildman–Crippen LogP) is 3.02. The second kappa shape index (κ2) is 5.71. The van der Waals surface area contributed by atoms with Gasteiger partial charge in [-0.3, -0.25) is 0 Å². The Hall–Kier alpha value is -0.0800. The van der Waals surface area contributed by atoms with Crippen molar-refractivity contribution in [3.8, 4) is 0 Å². The van der Waals surface area contributed by atoms with Crippen molar-refractivity contribution < 1.29 is 0 Å². The van der Waals surface area contributed by atoms with Crippen molar-refractivity contribution in [1.82, 2.24) is 4.90 Å². The van der Waals surface area contributed by atoms with Crippen LogP contribution >= 0.6 is 0 Å². The Morgan fingerprint density at radius 3 is 2.47 bits per heavy atom. The quantitative estimate of drug-likeness (QED) is 0.816. The van der Waals surface area contributed by atoms with Crippen LogP contribution in [0.25, 0.3) is 0 Å². The molecule has 0 bridgehead atoms. The average Bonchev–Trinajstić information content (AvgIpc) is 2.76. The molecule has 0 aromatic rings. The fraction of sp³-hybridized carbons (Fsp3) is 1.00. The Morgan fingerprint density at radius 2 is 1.88 bits per heavy atom. The highest BCUT2D eigenvalue weighted by Crippen LogP contribution is 2.38. The van der Waals surface area contributed by atoms with Gasteiger partial charge in [0, 0.05) is 19.1 Å². The highest BCUT2D eigenvalue weighted by molar-refractivity contribution is 4.90. The molecule has 1 saturated carbocycles. The highest BCUT2D eigenvalue weighted by atomic mass is 15.2. The van der Waals surface area contributed by atoms with Crippen LogP contribution in [-0.2, 0) is 0 Å². The molecular weight excluding hydrogens is 208 g/mol. The fourth-order valence-electron chi connectivity index (χ4n) is 3.81. The Labute approximate surface area is 107 Å². The van der Waals surface area contributed by atoms with Crippen molar-refractivity contribution in [3.05, 3.63) is 0 Å². The third-order valence-corrected chi connectivity index (χ3v) is 5.48. The van der Waals surface area contributed by atoms with Gasteiger partial charge in [-0.2, -0.15) is 0 Å². The maximum Gasteiger partial charge on any atom is 0.00793 e. The van der Waals surface area contributed by atoms with Gasteiger partial charge in [0.25, 0.3) is 0 Å². The summed E-state index contributed by atoms with van der Waals surface area (Å²) in [6.07, 6.45) is 9.47. The average molecular weight is 238 g/mol. The summed E-state index contributed by atoms with van der Waals surface area (Å²) in [6, 6.07) is 0.474. The molecule has 0 radical (unpaired) electrons. The van der Waals surface area contributed by atoms with Crippen LogP contribution in [0.2, 0.25) is 0 Å². The van der Waals surface area contributed by atoms with Gasteiger partial charge < -0.3 is 10.6 Å². The van der Waals surface area contributed by atoms with E-state index in [2.05, 4.69) is 18.7 Å². The Morgan fingerprint density at radius 1 is 1.18 bits per heavy atom. The molecule has 1 heterocycles. The van der Waals surface area contributed by atoms with Crippen LogP contribution in [0.1, 0.15) is 58.8 Å². The third kappa shape index (κ3) is 3.03. The van der Waals surface area contributed by atoms with E-state index in [-0.39, 0.29) is 0 Å². The van der Waals surface area contributed by atoms with E-state index < -0.39 is 0 Å². The van der Waals surface area contributed by atoms with E-state index in [9.17, 15) is 0 Å². The van der Waals surface area contributed by atoms with Crippen LogP contribution in [0.5, 0.6) is 0 Å². The first-order valence-electron chi connectivity index (χ1n) is 7.67. The molecule has 2 aliphatic rings. The van der Waals surface area contributed by atoms with E-state index in [0.717, 1.165) is 5.92 Å². The van der Waals surface area contributed by atoms with Gasteiger partial charge in [-0.1, -0.05) is 26.7 Å². The molecule has 0 aromatic carbocycles. The van der Waals surface area contributed by atoms with Crippen LogP contribution in [-0.4, -0.2) is 30.6 Å². The number of nitrogens with zero attached hydrogens (tertiary/aromatic N) is 1. The predicted molar refractivity (Wildman–Crippen MR) is 74.0 cm³/mol. The maximum absolute atomic E-state index is 6.26. The zero-order chi connectivity index (χ0) is 12.3. The van der Waals surface area contributed by atoms with E-state index in [1.807, 2.05) is 0 Å². The summed E-state index contributed by atoms with van der Waals surface area (Å²) in [5.74, 6) is 0.772. The number of hydrogen-bond donors (Lipinski definition) is 1. The lowest BCUT2D eigenvalue weighted by molar-refractivity contribution is 0.184. The topological polar surface area (TPSA) is 29.3 Å². The molecule has 1 aliphatic heterocycles. The largest absolute Gasteiger partial charge is 0.327 e. The summed E-state index contributed by atoms with van der Waals surface area (Å²) in [5, 5.41) is 0. The van der Waals surface area contributed by atoms with Crippen molar-refractivity contribution in [2.75, 3.05) is 19.6 Å². The summed E-state index contributed by atoms with van der Waals surface area (Å²) < 4.78 is 0. The Balaban J connectivity index is 1.84. The monoisotopic (exact) mass is 238 g/mol. The zero-order valence-corrected chi connectivity index (χ0v) is 11.8. The lowest BCUT2D eigenvalue weighted by atomic mass is 9.81. The zero-order valence-electron chi connectivity index (χ0n) is 11.8. The van der Waals surface area contributed by atoms with Gasteiger partial charge in [0.05, 0.1) is 0 Å². The smallest absolute Gasteiger partial charge is 0.00793 e. The molecular formula is C15H30N2. The van der Waals surface area contributed by atoms with E-state index in [4.69, 9.17) is 5.73 Å². The SMILES string of the molecule is CCC1(CC)CCN(CC2CCCCC2N)C1. The first-order chi connectivity index (χ1) is 8.19. The lowest BCUT2D eigenvalue weighted by Crippen LogP contribution is -2.41. The first kappa shape index (κ1) is 13.4. The maximum atomic E-state index is 6.26. The molecule has 1 saturated heterocycles.